The molecule has 0 unspecified atom stereocenters. The Balaban J connectivity index is 1.27. The molecule has 7 nitrogen and oxygen atoms in total. The summed E-state index contributed by atoms with van der Waals surface area (Å²) < 4.78 is 42.5. The number of fused-ring (bicyclic) bond motifs is 1. The van der Waals surface area contributed by atoms with Gasteiger partial charge in [0.05, 0.1) is 10.6 Å². The van der Waals surface area contributed by atoms with Crippen LogP contribution in [-0.4, -0.2) is 47.5 Å². The van der Waals surface area contributed by atoms with Gasteiger partial charge in [0, 0.05) is 30.4 Å². The van der Waals surface area contributed by atoms with E-state index in [2.05, 4.69) is 10.4 Å². The summed E-state index contributed by atoms with van der Waals surface area (Å²) in [6.45, 7) is 2.62. The van der Waals surface area contributed by atoms with Gasteiger partial charge < -0.3 is 5.32 Å². The Bertz CT molecular complexity index is 1310. The number of hydrogen-bond donors (Lipinski definition) is 1. The Kier molecular flexibility index (Phi) is 5.99. The quantitative estimate of drug-likeness (QED) is 0.604. The third-order valence-corrected chi connectivity index (χ3v) is 8.58. The average molecular weight is 483 g/mol. The van der Waals surface area contributed by atoms with Gasteiger partial charge in [-0.2, -0.15) is 9.40 Å². The lowest BCUT2D eigenvalue weighted by atomic mass is 10.1. The van der Waals surface area contributed by atoms with Gasteiger partial charge in [0.2, 0.25) is 10.0 Å². The van der Waals surface area contributed by atoms with E-state index in [0.717, 1.165) is 41.8 Å². The van der Waals surface area contributed by atoms with Crippen molar-refractivity contribution < 1.29 is 17.6 Å². The highest BCUT2D eigenvalue weighted by Crippen LogP contribution is 2.28. The fourth-order valence-electron chi connectivity index (χ4n) is 4.77. The minimum atomic E-state index is -3.54. The molecule has 3 aromatic rings. The first-order valence-corrected chi connectivity index (χ1v) is 13.0. The number of nitrogens with one attached hydrogen (secondary N) is 1. The molecule has 0 spiro atoms. The highest BCUT2D eigenvalue weighted by molar-refractivity contribution is 7.89. The standard InChI is InChI=1S/C25H27FN4O3S/c1-17-5-11-21(12-6-17)34(32,33)29-15-13-19(14-16-29)27-25(31)24-22-3-2-4-23(22)30(28-24)20-9-7-18(26)8-10-20/h5-12,19H,2-4,13-16H2,1H3,(H,27,31). The first kappa shape index (κ1) is 22.7. The molecule has 9 heteroatoms. The van der Waals surface area contributed by atoms with Crippen LogP contribution < -0.4 is 5.32 Å². The molecule has 1 aromatic heterocycles. The van der Waals surface area contributed by atoms with Crippen molar-refractivity contribution in [2.24, 2.45) is 0 Å². The lowest BCUT2D eigenvalue weighted by molar-refractivity contribution is 0.0917. The van der Waals surface area contributed by atoms with Crippen molar-refractivity contribution in [3.05, 3.63) is 76.9 Å². The van der Waals surface area contributed by atoms with Crippen molar-refractivity contribution in [2.45, 2.75) is 50.0 Å². The van der Waals surface area contributed by atoms with Gasteiger partial charge in [-0.05, 0) is 75.4 Å². The van der Waals surface area contributed by atoms with Crippen LogP contribution in [0.4, 0.5) is 4.39 Å². The normalized spacial score (nSPS) is 17.0. The molecular weight excluding hydrogens is 455 g/mol. The summed E-state index contributed by atoms with van der Waals surface area (Å²) in [5.41, 5.74) is 4.09. The maximum absolute atomic E-state index is 13.3. The van der Waals surface area contributed by atoms with Crippen molar-refractivity contribution >= 4 is 15.9 Å². The molecule has 2 aliphatic rings. The molecule has 2 heterocycles. The minimum Gasteiger partial charge on any atom is -0.348 e. The van der Waals surface area contributed by atoms with E-state index in [9.17, 15) is 17.6 Å². The Morgan fingerprint density at radius 2 is 1.71 bits per heavy atom. The zero-order valence-corrected chi connectivity index (χ0v) is 19.8. The molecule has 1 saturated heterocycles. The Labute approximate surface area is 198 Å². The predicted molar refractivity (Wildman–Crippen MR) is 126 cm³/mol. The fourth-order valence-corrected chi connectivity index (χ4v) is 6.24. The molecule has 0 radical (unpaired) electrons. The van der Waals surface area contributed by atoms with Gasteiger partial charge in [-0.15, -0.1) is 0 Å². The Morgan fingerprint density at radius 1 is 1.03 bits per heavy atom. The van der Waals surface area contributed by atoms with Crippen LogP contribution in [0.2, 0.25) is 0 Å². The zero-order valence-electron chi connectivity index (χ0n) is 19.0. The number of halogens is 1. The molecule has 34 heavy (non-hydrogen) atoms. The number of amides is 1. The van der Waals surface area contributed by atoms with Crippen LogP contribution in [0.1, 0.15) is 46.6 Å². The highest BCUT2D eigenvalue weighted by atomic mass is 32.2. The Hall–Kier alpha value is -3.04. The van der Waals surface area contributed by atoms with Crippen LogP contribution in [0.25, 0.3) is 5.69 Å². The van der Waals surface area contributed by atoms with E-state index in [1.54, 1.807) is 41.1 Å². The maximum Gasteiger partial charge on any atom is 0.272 e. The number of aromatic nitrogens is 2. The minimum absolute atomic E-state index is 0.120. The van der Waals surface area contributed by atoms with Gasteiger partial charge in [0.25, 0.3) is 5.91 Å². The number of benzene rings is 2. The number of rotatable bonds is 5. The largest absolute Gasteiger partial charge is 0.348 e. The van der Waals surface area contributed by atoms with Crippen LogP contribution in [0.5, 0.6) is 0 Å². The van der Waals surface area contributed by atoms with Crippen LogP contribution >= 0.6 is 0 Å². The van der Waals surface area contributed by atoms with Gasteiger partial charge in [0.1, 0.15) is 5.82 Å². The SMILES string of the molecule is Cc1ccc(S(=O)(=O)N2CCC(NC(=O)c3nn(-c4ccc(F)cc4)c4c3CCC4)CC2)cc1. The Morgan fingerprint density at radius 3 is 2.38 bits per heavy atom. The number of sulfonamides is 1. The predicted octanol–water partition coefficient (Wildman–Crippen LogP) is 3.39. The summed E-state index contributed by atoms with van der Waals surface area (Å²) >= 11 is 0. The van der Waals surface area contributed by atoms with Crippen LogP contribution in [0.15, 0.2) is 53.4 Å². The van der Waals surface area contributed by atoms with Crippen molar-refractivity contribution in [1.82, 2.24) is 19.4 Å². The fraction of sp³-hybridized carbons (Fsp3) is 0.360. The molecule has 1 aliphatic carbocycles. The van der Waals surface area contributed by atoms with Crippen molar-refractivity contribution in [3.63, 3.8) is 0 Å². The maximum atomic E-state index is 13.3. The summed E-state index contributed by atoms with van der Waals surface area (Å²) in [4.78, 5) is 13.4. The average Bonchev–Trinajstić information content (AvgIpc) is 3.43. The number of carbonyl (C=O) groups excluding carboxylic acids is 1. The number of nitrogens with zero attached hydrogens (tertiary/aromatic N) is 3. The summed E-state index contributed by atoms with van der Waals surface area (Å²) in [5, 5.41) is 7.64. The molecular formula is C25H27FN4O3S. The molecule has 5 rings (SSSR count). The molecule has 1 fully saturated rings. The lowest BCUT2D eigenvalue weighted by Gasteiger charge is -2.31. The van der Waals surface area contributed by atoms with Crippen molar-refractivity contribution in [2.75, 3.05) is 13.1 Å². The van der Waals surface area contributed by atoms with Crippen molar-refractivity contribution in [3.8, 4) is 5.69 Å². The third-order valence-electron chi connectivity index (χ3n) is 6.66. The van der Waals surface area contributed by atoms with Gasteiger partial charge >= 0.3 is 0 Å². The van der Waals surface area contributed by atoms with Crippen LogP contribution in [-0.2, 0) is 22.9 Å². The van der Waals surface area contributed by atoms with E-state index in [1.165, 1.54) is 16.4 Å². The number of hydrogen-bond acceptors (Lipinski definition) is 4. The summed E-state index contributed by atoms with van der Waals surface area (Å²) in [6, 6.07) is 12.8. The second kappa shape index (κ2) is 8.96. The second-order valence-corrected chi connectivity index (χ2v) is 10.9. The topological polar surface area (TPSA) is 84.3 Å². The van der Waals surface area contributed by atoms with E-state index >= 15 is 0 Å². The van der Waals surface area contributed by atoms with E-state index in [4.69, 9.17) is 0 Å². The van der Waals surface area contributed by atoms with Gasteiger partial charge in [0.15, 0.2) is 5.69 Å². The van der Waals surface area contributed by atoms with E-state index < -0.39 is 10.0 Å². The summed E-state index contributed by atoms with van der Waals surface area (Å²) in [6.07, 6.45) is 3.63. The summed E-state index contributed by atoms with van der Waals surface area (Å²) in [5.74, 6) is -0.555. The number of aryl methyl sites for hydroxylation is 1. The number of piperidine rings is 1. The first-order chi connectivity index (χ1) is 16.3. The monoisotopic (exact) mass is 482 g/mol. The molecule has 1 N–H and O–H groups in total. The third kappa shape index (κ3) is 4.25. The number of carbonyl (C=O) groups is 1. The van der Waals surface area contributed by atoms with Gasteiger partial charge in [-0.25, -0.2) is 17.5 Å². The highest BCUT2D eigenvalue weighted by Gasteiger charge is 2.32. The van der Waals surface area contributed by atoms with E-state index in [0.29, 0.717) is 36.5 Å². The van der Waals surface area contributed by atoms with Gasteiger partial charge in [-0.3, -0.25) is 4.79 Å². The van der Waals surface area contributed by atoms with Crippen LogP contribution in [0, 0.1) is 12.7 Å². The molecule has 1 amide bonds. The van der Waals surface area contributed by atoms with Gasteiger partial charge in [-0.1, -0.05) is 17.7 Å². The zero-order chi connectivity index (χ0) is 23.9. The molecule has 1 aliphatic heterocycles. The summed E-state index contributed by atoms with van der Waals surface area (Å²) in [7, 11) is -3.54. The van der Waals surface area contributed by atoms with E-state index in [1.807, 2.05) is 6.92 Å². The second-order valence-electron chi connectivity index (χ2n) is 8.98. The van der Waals surface area contributed by atoms with Crippen molar-refractivity contribution in [1.29, 1.82) is 0 Å². The molecule has 2 aromatic carbocycles. The van der Waals surface area contributed by atoms with E-state index in [-0.39, 0.29) is 17.8 Å². The first-order valence-electron chi connectivity index (χ1n) is 11.6. The molecule has 0 atom stereocenters. The lowest BCUT2D eigenvalue weighted by Crippen LogP contribution is -2.46. The smallest absolute Gasteiger partial charge is 0.272 e. The molecule has 178 valence electrons. The molecule has 0 bridgehead atoms. The molecule has 0 saturated carbocycles. The van der Waals surface area contributed by atoms with Crippen LogP contribution in [0.3, 0.4) is 0 Å².